The molecule has 0 unspecified atom stereocenters. The molecular weight excluding hydrogens is 194 g/mol. The number of aromatic nitrogens is 1. The SMILES string of the molecule is CC(C)c1ccc2cc(C(C)(C)C)[nH]c2c1. The molecule has 1 heteroatoms. The van der Waals surface area contributed by atoms with E-state index in [0.717, 1.165) is 0 Å². The number of fused-ring (bicyclic) bond motifs is 1. The second kappa shape index (κ2) is 3.65. The van der Waals surface area contributed by atoms with Gasteiger partial charge >= 0.3 is 0 Å². The minimum absolute atomic E-state index is 0.191. The topological polar surface area (TPSA) is 15.8 Å². The normalized spacial score (nSPS) is 12.6. The van der Waals surface area contributed by atoms with Crippen molar-refractivity contribution in [1.82, 2.24) is 4.98 Å². The van der Waals surface area contributed by atoms with E-state index in [1.54, 1.807) is 0 Å². The van der Waals surface area contributed by atoms with Gasteiger partial charge in [0.2, 0.25) is 0 Å². The Labute approximate surface area is 97.9 Å². The highest BCUT2D eigenvalue weighted by Crippen LogP contribution is 2.27. The Balaban J connectivity index is 2.54. The highest BCUT2D eigenvalue weighted by molar-refractivity contribution is 5.81. The molecule has 0 amide bonds. The van der Waals surface area contributed by atoms with Gasteiger partial charge in [-0.15, -0.1) is 0 Å². The van der Waals surface area contributed by atoms with Crippen molar-refractivity contribution in [3.05, 3.63) is 35.5 Å². The predicted molar refractivity (Wildman–Crippen MR) is 71.1 cm³/mol. The van der Waals surface area contributed by atoms with Crippen molar-refractivity contribution in [2.24, 2.45) is 0 Å². The van der Waals surface area contributed by atoms with Gasteiger partial charge in [-0.3, -0.25) is 0 Å². The maximum absolute atomic E-state index is 3.53. The van der Waals surface area contributed by atoms with E-state index in [9.17, 15) is 0 Å². The molecule has 0 aliphatic rings. The van der Waals surface area contributed by atoms with Crippen LogP contribution in [0.1, 0.15) is 51.8 Å². The molecule has 16 heavy (non-hydrogen) atoms. The number of hydrogen-bond donors (Lipinski definition) is 1. The van der Waals surface area contributed by atoms with Crippen molar-refractivity contribution in [1.29, 1.82) is 0 Å². The molecule has 2 rings (SSSR count). The van der Waals surface area contributed by atoms with Gasteiger partial charge in [-0.2, -0.15) is 0 Å². The van der Waals surface area contributed by atoms with Crippen LogP contribution in [-0.2, 0) is 5.41 Å². The zero-order valence-electron chi connectivity index (χ0n) is 10.9. The molecule has 0 atom stereocenters. The van der Waals surface area contributed by atoms with Crippen molar-refractivity contribution in [3.8, 4) is 0 Å². The smallest absolute Gasteiger partial charge is 0.0459 e. The largest absolute Gasteiger partial charge is 0.358 e. The van der Waals surface area contributed by atoms with E-state index in [0.29, 0.717) is 5.92 Å². The number of nitrogens with one attached hydrogen (secondary N) is 1. The molecule has 1 aromatic carbocycles. The summed E-state index contributed by atoms with van der Waals surface area (Å²) >= 11 is 0. The number of rotatable bonds is 1. The third-order valence-electron chi connectivity index (χ3n) is 3.12. The molecule has 0 fully saturated rings. The van der Waals surface area contributed by atoms with E-state index >= 15 is 0 Å². The maximum atomic E-state index is 3.53. The molecular formula is C15H21N. The Morgan fingerprint density at radius 2 is 1.75 bits per heavy atom. The van der Waals surface area contributed by atoms with E-state index < -0.39 is 0 Å². The van der Waals surface area contributed by atoms with Crippen molar-refractivity contribution in [3.63, 3.8) is 0 Å². The Hall–Kier alpha value is -1.24. The first-order valence-electron chi connectivity index (χ1n) is 6.01. The number of aromatic amines is 1. The van der Waals surface area contributed by atoms with Crippen LogP contribution in [0.5, 0.6) is 0 Å². The van der Waals surface area contributed by atoms with Crippen molar-refractivity contribution in [2.75, 3.05) is 0 Å². The van der Waals surface area contributed by atoms with Crippen LogP contribution in [-0.4, -0.2) is 4.98 Å². The first-order valence-corrected chi connectivity index (χ1v) is 6.01. The second-order valence-electron chi connectivity index (χ2n) is 5.93. The summed E-state index contributed by atoms with van der Waals surface area (Å²) in [6.07, 6.45) is 0. The van der Waals surface area contributed by atoms with E-state index in [1.165, 1.54) is 22.2 Å². The highest BCUT2D eigenvalue weighted by Gasteiger charge is 2.16. The van der Waals surface area contributed by atoms with Gasteiger partial charge in [0.25, 0.3) is 0 Å². The van der Waals surface area contributed by atoms with E-state index in [1.807, 2.05) is 0 Å². The van der Waals surface area contributed by atoms with Gasteiger partial charge in [-0.25, -0.2) is 0 Å². The third kappa shape index (κ3) is 1.99. The minimum Gasteiger partial charge on any atom is -0.358 e. The van der Waals surface area contributed by atoms with Gasteiger partial charge in [0.05, 0.1) is 0 Å². The molecule has 0 aliphatic carbocycles. The Morgan fingerprint density at radius 1 is 1.06 bits per heavy atom. The van der Waals surface area contributed by atoms with Gasteiger partial charge < -0.3 is 4.98 Å². The lowest BCUT2D eigenvalue weighted by Crippen LogP contribution is -2.10. The van der Waals surface area contributed by atoms with E-state index in [-0.39, 0.29) is 5.41 Å². The summed E-state index contributed by atoms with van der Waals surface area (Å²) in [5, 5.41) is 1.31. The summed E-state index contributed by atoms with van der Waals surface area (Å²) in [7, 11) is 0. The summed E-state index contributed by atoms with van der Waals surface area (Å²) in [4.78, 5) is 3.53. The average molecular weight is 215 g/mol. The van der Waals surface area contributed by atoms with Gasteiger partial charge in [-0.05, 0) is 29.0 Å². The first-order chi connectivity index (χ1) is 7.38. The van der Waals surface area contributed by atoms with Gasteiger partial charge in [0, 0.05) is 16.6 Å². The van der Waals surface area contributed by atoms with Gasteiger partial charge in [-0.1, -0.05) is 46.8 Å². The summed E-state index contributed by atoms with van der Waals surface area (Å²) in [6.45, 7) is 11.2. The molecule has 0 saturated heterocycles. The van der Waals surface area contributed by atoms with Crippen molar-refractivity contribution >= 4 is 10.9 Å². The lowest BCUT2D eigenvalue weighted by atomic mass is 9.92. The van der Waals surface area contributed by atoms with Crippen LogP contribution in [0, 0.1) is 0 Å². The molecule has 0 radical (unpaired) electrons. The molecule has 1 N–H and O–H groups in total. The van der Waals surface area contributed by atoms with Crippen LogP contribution in [0.2, 0.25) is 0 Å². The summed E-state index contributed by atoms with van der Waals surface area (Å²) in [6, 6.07) is 8.98. The fourth-order valence-electron chi connectivity index (χ4n) is 1.91. The molecule has 0 aliphatic heterocycles. The molecule has 2 aromatic rings. The molecule has 0 saturated carbocycles. The fraction of sp³-hybridized carbons (Fsp3) is 0.467. The van der Waals surface area contributed by atoms with Gasteiger partial charge in [0.1, 0.15) is 0 Å². The number of hydrogen-bond acceptors (Lipinski definition) is 0. The highest BCUT2D eigenvalue weighted by atomic mass is 14.7. The number of benzene rings is 1. The Kier molecular flexibility index (Phi) is 2.57. The molecule has 0 bridgehead atoms. The molecule has 1 nitrogen and oxygen atoms in total. The average Bonchev–Trinajstić information content (AvgIpc) is 2.58. The van der Waals surface area contributed by atoms with E-state index in [2.05, 4.69) is 63.9 Å². The second-order valence-corrected chi connectivity index (χ2v) is 5.93. The van der Waals surface area contributed by atoms with Crippen molar-refractivity contribution in [2.45, 2.75) is 46.0 Å². The quantitative estimate of drug-likeness (QED) is 0.716. The number of H-pyrrole nitrogens is 1. The maximum Gasteiger partial charge on any atom is 0.0459 e. The summed E-state index contributed by atoms with van der Waals surface area (Å²) in [5.41, 5.74) is 4.16. The van der Waals surface area contributed by atoms with Crippen LogP contribution in [0.15, 0.2) is 24.3 Å². The first kappa shape index (κ1) is 11.3. The zero-order chi connectivity index (χ0) is 11.9. The lowest BCUT2D eigenvalue weighted by Gasteiger charge is -2.15. The van der Waals surface area contributed by atoms with Crippen LogP contribution in [0.25, 0.3) is 10.9 Å². The molecule has 1 aromatic heterocycles. The molecule has 1 heterocycles. The molecule has 0 spiro atoms. The third-order valence-corrected chi connectivity index (χ3v) is 3.12. The monoisotopic (exact) mass is 215 g/mol. The van der Waals surface area contributed by atoms with E-state index in [4.69, 9.17) is 0 Å². The van der Waals surface area contributed by atoms with Crippen molar-refractivity contribution < 1.29 is 0 Å². The lowest BCUT2D eigenvalue weighted by molar-refractivity contribution is 0.574. The van der Waals surface area contributed by atoms with Crippen LogP contribution >= 0.6 is 0 Å². The summed E-state index contributed by atoms with van der Waals surface area (Å²) in [5.74, 6) is 0.589. The predicted octanol–water partition coefficient (Wildman–Crippen LogP) is 4.59. The standard InChI is InChI=1S/C15H21N/c1-10(2)11-6-7-12-9-14(15(3,4)5)16-13(12)8-11/h6-10,16H,1-5H3. The summed E-state index contributed by atoms with van der Waals surface area (Å²) < 4.78 is 0. The molecule has 86 valence electrons. The van der Waals surface area contributed by atoms with Crippen LogP contribution < -0.4 is 0 Å². The zero-order valence-corrected chi connectivity index (χ0v) is 10.9. The minimum atomic E-state index is 0.191. The van der Waals surface area contributed by atoms with Crippen LogP contribution in [0.4, 0.5) is 0 Å². The Morgan fingerprint density at radius 3 is 2.31 bits per heavy atom. The van der Waals surface area contributed by atoms with Gasteiger partial charge in [0.15, 0.2) is 0 Å². The fourth-order valence-corrected chi connectivity index (χ4v) is 1.91. The Bertz CT molecular complexity index is 498. The van der Waals surface area contributed by atoms with Crippen LogP contribution in [0.3, 0.4) is 0 Å².